The van der Waals surface area contributed by atoms with Gasteiger partial charge < -0.3 is 4.90 Å². The molecule has 1 aromatic rings. The van der Waals surface area contributed by atoms with E-state index in [1.807, 2.05) is 31.2 Å². The van der Waals surface area contributed by atoms with Gasteiger partial charge in [-0.25, -0.2) is 0 Å². The zero-order valence-electron chi connectivity index (χ0n) is 16.4. The van der Waals surface area contributed by atoms with Gasteiger partial charge in [0.1, 0.15) is 0 Å². The third-order valence-corrected chi connectivity index (χ3v) is 6.13. The zero-order chi connectivity index (χ0) is 18.7. The van der Waals surface area contributed by atoms with E-state index in [1.165, 1.54) is 12.0 Å². The number of benzene rings is 1. The van der Waals surface area contributed by atoms with Gasteiger partial charge >= 0.3 is 0 Å². The first-order valence-corrected chi connectivity index (χ1v) is 10.1. The van der Waals surface area contributed by atoms with E-state index in [1.54, 1.807) is 0 Å². The molecular formula is C22H32N2O2. The van der Waals surface area contributed by atoms with E-state index in [0.29, 0.717) is 18.6 Å². The van der Waals surface area contributed by atoms with E-state index < -0.39 is 0 Å². The highest BCUT2D eigenvalue weighted by Crippen LogP contribution is 2.25. The van der Waals surface area contributed by atoms with E-state index in [9.17, 15) is 9.59 Å². The molecule has 0 N–H and O–H groups in total. The first-order valence-electron chi connectivity index (χ1n) is 10.1. The van der Waals surface area contributed by atoms with Crippen molar-refractivity contribution in [3.63, 3.8) is 0 Å². The van der Waals surface area contributed by atoms with Gasteiger partial charge in [-0.15, -0.1) is 0 Å². The summed E-state index contributed by atoms with van der Waals surface area (Å²) in [5.41, 5.74) is 2.00. The van der Waals surface area contributed by atoms with Crippen molar-refractivity contribution in [2.75, 3.05) is 19.6 Å². The molecule has 142 valence electrons. The van der Waals surface area contributed by atoms with Crippen molar-refractivity contribution >= 4 is 11.7 Å². The number of amides is 1. The molecule has 3 rings (SSSR count). The number of carbonyl (C=O) groups excluding carboxylic acids is 2. The Kier molecular flexibility index (Phi) is 6.13. The van der Waals surface area contributed by atoms with Crippen LogP contribution in [0.4, 0.5) is 0 Å². The molecule has 4 heteroatoms. The molecule has 2 heterocycles. The second-order valence-corrected chi connectivity index (χ2v) is 8.21. The standard InChI is InChI=1S/C22H32N2O2/c1-16-7-9-19(10-8-16)22(26)20-11-13-23(14-12-20)15-21(25)24-17(2)5-4-6-18(24)3/h7-10,17-18,20H,4-6,11-15H2,1-3H3/t17-,18+. The van der Waals surface area contributed by atoms with Crippen molar-refractivity contribution in [2.24, 2.45) is 5.92 Å². The predicted octanol–water partition coefficient (Wildman–Crippen LogP) is 3.68. The molecule has 2 fully saturated rings. The summed E-state index contributed by atoms with van der Waals surface area (Å²) in [4.78, 5) is 29.8. The molecule has 2 saturated heterocycles. The molecule has 2 aliphatic rings. The number of hydrogen-bond donors (Lipinski definition) is 0. The van der Waals surface area contributed by atoms with E-state index in [4.69, 9.17) is 0 Å². The summed E-state index contributed by atoms with van der Waals surface area (Å²) in [6.07, 6.45) is 5.15. The quantitative estimate of drug-likeness (QED) is 0.773. The van der Waals surface area contributed by atoms with Crippen molar-refractivity contribution in [3.8, 4) is 0 Å². The summed E-state index contributed by atoms with van der Waals surface area (Å²) in [6.45, 7) is 8.54. The van der Waals surface area contributed by atoms with Crippen molar-refractivity contribution in [3.05, 3.63) is 35.4 Å². The lowest BCUT2D eigenvalue weighted by Crippen LogP contribution is -2.52. The number of likely N-dealkylation sites (tertiary alicyclic amines) is 2. The number of rotatable bonds is 4. The van der Waals surface area contributed by atoms with Gasteiger partial charge in [-0.2, -0.15) is 0 Å². The van der Waals surface area contributed by atoms with Crippen LogP contribution < -0.4 is 0 Å². The molecule has 0 unspecified atom stereocenters. The summed E-state index contributed by atoms with van der Waals surface area (Å²) in [6, 6.07) is 8.59. The van der Waals surface area contributed by atoms with Crippen molar-refractivity contribution in [2.45, 2.75) is 65.0 Å². The molecule has 0 aliphatic carbocycles. The maximum Gasteiger partial charge on any atom is 0.237 e. The third kappa shape index (κ3) is 4.35. The minimum absolute atomic E-state index is 0.0943. The third-order valence-electron chi connectivity index (χ3n) is 6.13. The fourth-order valence-electron chi connectivity index (χ4n) is 4.49. The average Bonchev–Trinajstić information content (AvgIpc) is 2.62. The largest absolute Gasteiger partial charge is 0.336 e. The van der Waals surface area contributed by atoms with Gasteiger partial charge in [0.05, 0.1) is 6.54 Å². The molecular weight excluding hydrogens is 324 g/mol. The summed E-state index contributed by atoms with van der Waals surface area (Å²) in [5.74, 6) is 0.610. The maximum atomic E-state index is 12.8. The Morgan fingerprint density at radius 1 is 0.962 bits per heavy atom. The van der Waals surface area contributed by atoms with Crippen LogP contribution in [0.3, 0.4) is 0 Å². The van der Waals surface area contributed by atoms with Crippen LogP contribution >= 0.6 is 0 Å². The SMILES string of the molecule is Cc1ccc(C(=O)C2CCN(CC(=O)N3[C@H](C)CCC[C@@H]3C)CC2)cc1. The zero-order valence-corrected chi connectivity index (χ0v) is 16.4. The van der Waals surface area contributed by atoms with Crippen molar-refractivity contribution in [1.29, 1.82) is 0 Å². The first-order chi connectivity index (χ1) is 12.5. The van der Waals surface area contributed by atoms with Gasteiger partial charge in [-0.05, 0) is 66.0 Å². The maximum absolute atomic E-state index is 12.8. The number of piperidine rings is 2. The molecule has 0 saturated carbocycles. The molecule has 4 nitrogen and oxygen atoms in total. The van der Waals surface area contributed by atoms with Crippen LogP contribution in [-0.4, -0.2) is 53.2 Å². The summed E-state index contributed by atoms with van der Waals surface area (Å²) in [7, 11) is 0. The smallest absolute Gasteiger partial charge is 0.237 e. The van der Waals surface area contributed by atoms with Crippen LogP contribution in [0.25, 0.3) is 0 Å². The van der Waals surface area contributed by atoms with E-state index in [-0.39, 0.29) is 17.6 Å². The van der Waals surface area contributed by atoms with E-state index in [0.717, 1.165) is 44.3 Å². The number of ketones is 1. The highest BCUT2D eigenvalue weighted by molar-refractivity contribution is 5.97. The lowest BCUT2D eigenvalue weighted by Gasteiger charge is -2.41. The number of nitrogens with zero attached hydrogens (tertiary/aromatic N) is 2. The molecule has 0 bridgehead atoms. The van der Waals surface area contributed by atoms with Crippen molar-refractivity contribution in [1.82, 2.24) is 9.80 Å². The summed E-state index contributed by atoms with van der Waals surface area (Å²) >= 11 is 0. The van der Waals surface area contributed by atoms with Crippen LogP contribution in [-0.2, 0) is 4.79 Å². The Morgan fingerprint density at radius 2 is 1.54 bits per heavy atom. The number of hydrogen-bond acceptors (Lipinski definition) is 3. The van der Waals surface area contributed by atoms with Crippen LogP contribution in [0.2, 0.25) is 0 Å². The second-order valence-electron chi connectivity index (χ2n) is 8.21. The van der Waals surface area contributed by atoms with Crippen molar-refractivity contribution < 1.29 is 9.59 Å². The highest BCUT2D eigenvalue weighted by Gasteiger charge is 2.31. The van der Waals surface area contributed by atoms with Gasteiger partial charge in [0.25, 0.3) is 0 Å². The topological polar surface area (TPSA) is 40.6 Å². The van der Waals surface area contributed by atoms with Crippen LogP contribution in [0.5, 0.6) is 0 Å². The van der Waals surface area contributed by atoms with Gasteiger partial charge in [-0.3, -0.25) is 14.5 Å². The monoisotopic (exact) mass is 356 g/mol. The molecule has 0 radical (unpaired) electrons. The summed E-state index contributed by atoms with van der Waals surface area (Å²) in [5, 5.41) is 0. The summed E-state index contributed by atoms with van der Waals surface area (Å²) < 4.78 is 0. The van der Waals surface area contributed by atoms with Gasteiger partial charge in [-0.1, -0.05) is 29.8 Å². The minimum Gasteiger partial charge on any atom is -0.336 e. The van der Waals surface area contributed by atoms with Gasteiger partial charge in [0.2, 0.25) is 5.91 Å². The fourth-order valence-corrected chi connectivity index (χ4v) is 4.49. The minimum atomic E-state index is 0.0943. The van der Waals surface area contributed by atoms with E-state index in [2.05, 4.69) is 23.6 Å². The number of Topliss-reactive ketones (excluding diaryl/α,β-unsaturated/α-hetero) is 1. The highest BCUT2D eigenvalue weighted by atomic mass is 16.2. The Balaban J connectivity index is 1.51. The van der Waals surface area contributed by atoms with Crippen LogP contribution in [0.15, 0.2) is 24.3 Å². The molecule has 2 atom stereocenters. The van der Waals surface area contributed by atoms with Gasteiger partial charge in [0, 0.05) is 23.6 Å². The lowest BCUT2D eigenvalue weighted by atomic mass is 9.88. The molecule has 1 aromatic carbocycles. The number of carbonyl (C=O) groups is 2. The Labute approximate surface area is 157 Å². The average molecular weight is 357 g/mol. The Morgan fingerprint density at radius 3 is 2.12 bits per heavy atom. The van der Waals surface area contributed by atoms with E-state index >= 15 is 0 Å². The predicted molar refractivity (Wildman–Crippen MR) is 104 cm³/mol. The van der Waals surface area contributed by atoms with Crippen LogP contribution in [0, 0.1) is 12.8 Å². The lowest BCUT2D eigenvalue weighted by molar-refractivity contribution is -0.138. The second kappa shape index (κ2) is 8.34. The first kappa shape index (κ1) is 19.1. The Bertz CT molecular complexity index is 622. The normalized spacial score (nSPS) is 25.3. The molecule has 0 spiro atoms. The molecule has 1 amide bonds. The fraction of sp³-hybridized carbons (Fsp3) is 0.636. The van der Waals surface area contributed by atoms with Gasteiger partial charge in [0.15, 0.2) is 5.78 Å². The number of aryl methyl sites for hydroxylation is 1. The molecule has 26 heavy (non-hydrogen) atoms. The Hall–Kier alpha value is -1.68. The van der Waals surface area contributed by atoms with Crippen LogP contribution in [0.1, 0.15) is 61.9 Å². The molecule has 0 aromatic heterocycles. The molecule has 2 aliphatic heterocycles.